The summed E-state index contributed by atoms with van der Waals surface area (Å²) in [4.78, 5) is 41.9. The fourth-order valence-corrected chi connectivity index (χ4v) is 5.17. The standard InChI is InChI=1S/C30H37N7O3/c1-7-25(38)31-22-15-13-20(14-16-22)17-26(39)33-28-23-18-37(30(2,3)27(23)36(6)34-28)29(40)32-24(19-35(4)5)21-11-9-8-10-12-21/h7-16,24H,1,17-19H2,2-6H3,(H,31,38)(H,32,40)(H,33,34,39)/t24-/m1/s1. The number of nitrogens with zero attached hydrogens (tertiary/aromatic N) is 4. The number of anilines is 2. The molecule has 0 unspecified atom stereocenters. The number of carbonyl (C=O) groups is 3. The Labute approximate surface area is 235 Å². The molecule has 1 aliphatic rings. The molecule has 40 heavy (non-hydrogen) atoms. The zero-order valence-electron chi connectivity index (χ0n) is 23.7. The molecule has 0 aliphatic carbocycles. The van der Waals surface area contributed by atoms with Gasteiger partial charge in [-0.2, -0.15) is 5.10 Å². The smallest absolute Gasteiger partial charge is 0.319 e. The molecular weight excluding hydrogens is 506 g/mol. The number of aromatic nitrogens is 2. The molecule has 4 amide bonds. The summed E-state index contributed by atoms with van der Waals surface area (Å²) < 4.78 is 1.74. The van der Waals surface area contributed by atoms with Gasteiger partial charge < -0.3 is 25.8 Å². The minimum absolute atomic E-state index is 0.137. The number of hydrogen-bond acceptors (Lipinski definition) is 5. The van der Waals surface area contributed by atoms with E-state index in [1.165, 1.54) is 6.08 Å². The van der Waals surface area contributed by atoms with Crippen molar-refractivity contribution in [3.05, 3.63) is 89.6 Å². The van der Waals surface area contributed by atoms with Crippen LogP contribution >= 0.6 is 0 Å². The van der Waals surface area contributed by atoms with Crippen LogP contribution in [0, 0.1) is 0 Å². The highest BCUT2D eigenvalue weighted by Gasteiger charge is 2.45. The second kappa shape index (κ2) is 11.7. The third-order valence-corrected chi connectivity index (χ3v) is 7.04. The molecule has 2 heterocycles. The molecule has 10 heteroatoms. The van der Waals surface area contributed by atoms with Gasteiger partial charge in [0.25, 0.3) is 0 Å². The van der Waals surface area contributed by atoms with Gasteiger partial charge in [-0.1, -0.05) is 49.0 Å². The van der Waals surface area contributed by atoms with Crippen LogP contribution in [0.3, 0.4) is 0 Å². The van der Waals surface area contributed by atoms with Gasteiger partial charge in [0, 0.05) is 24.8 Å². The van der Waals surface area contributed by atoms with E-state index in [1.807, 2.05) is 70.2 Å². The summed E-state index contributed by atoms with van der Waals surface area (Å²) in [7, 11) is 5.79. The van der Waals surface area contributed by atoms with E-state index in [0.29, 0.717) is 24.6 Å². The summed E-state index contributed by atoms with van der Waals surface area (Å²) in [6.45, 7) is 8.39. The molecule has 0 fully saturated rings. The van der Waals surface area contributed by atoms with Crippen molar-refractivity contribution in [1.82, 2.24) is 24.9 Å². The number of benzene rings is 2. The van der Waals surface area contributed by atoms with E-state index in [4.69, 9.17) is 0 Å². The summed E-state index contributed by atoms with van der Waals surface area (Å²) in [5.74, 6) is -0.0679. The first-order chi connectivity index (χ1) is 19.0. The zero-order valence-corrected chi connectivity index (χ0v) is 23.7. The molecule has 0 bridgehead atoms. The van der Waals surface area contributed by atoms with Crippen LogP contribution in [0.5, 0.6) is 0 Å². The van der Waals surface area contributed by atoms with Crippen LogP contribution in [-0.4, -0.2) is 58.1 Å². The van der Waals surface area contributed by atoms with Crippen molar-refractivity contribution >= 4 is 29.4 Å². The number of urea groups is 1. The summed E-state index contributed by atoms with van der Waals surface area (Å²) in [6, 6.07) is 16.6. The van der Waals surface area contributed by atoms with Crippen LogP contribution in [0.1, 0.15) is 42.3 Å². The maximum Gasteiger partial charge on any atom is 0.319 e. The van der Waals surface area contributed by atoms with E-state index in [1.54, 1.807) is 33.8 Å². The fraction of sp³-hybridized carbons (Fsp3) is 0.333. The average Bonchev–Trinajstić information content (AvgIpc) is 3.38. The van der Waals surface area contributed by atoms with Gasteiger partial charge >= 0.3 is 6.03 Å². The first kappa shape index (κ1) is 28.6. The Bertz CT molecular complexity index is 1390. The van der Waals surface area contributed by atoms with E-state index in [-0.39, 0.29) is 30.3 Å². The van der Waals surface area contributed by atoms with Crippen molar-refractivity contribution < 1.29 is 14.4 Å². The van der Waals surface area contributed by atoms with Crippen molar-refractivity contribution in [3.8, 4) is 0 Å². The number of fused-ring (bicyclic) bond motifs is 1. The number of likely N-dealkylation sites (N-methyl/N-ethyl adjacent to an activating group) is 1. The molecular formula is C30H37N7O3. The largest absolute Gasteiger partial charge is 0.330 e. The monoisotopic (exact) mass is 543 g/mol. The van der Waals surface area contributed by atoms with Crippen LogP contribution in [0.25, 0.3) is 0 Å². The van der Waals surface area contributed by atoms with Gasteiger partial charge in [-0.25, -0.2) is 4.79 Å². The van der Waals surface area contributed by atoms with E-state index in [9.17, 15) is 14.4 Å². The van der Waals surface area contributed by atoms with E-state index in [2.05, 4.69) is 27.6 Å². The van der Waals surface area contributed by atoms with Gasteiger partial charge in [0.15, 0.2) is 5.82 Å². The summed E-state index contributed by atoms with van der Waals surface area (Å²) in [5, 5.41) is 13.4. The van der Waals surface area contributed by atoms with Gasteiger partial charge in [0.2, 0.25) is 11.8 Å². The van der Waals surface area contributed by atoms with E-state index < -0.39 is 5.54 Å². The van der Waals surface area contributed by atoms with Crippen LogP contribution in [0.4, 0.5) is 16.3 Å². The van der Waals surface area contributed by atoms with Crippen molar-refractivity contribution in [1.29, 1.82) is 0 Å². The Balaban J connectivity index is 1.47. The minimum Gasteiger partial charge on any atom is -0.330 e. The average molecular weight is 544 g/mol. The SMILES string of the molecule is C=CC(=O)Nc1ccc(CC(=O)Nc2nn(C)c3c2CN(C(=O)N[C@H](CN(C)C)c2ccccc2)C3(C)C)cc1. The van der Waals surface area contributed by atoms with Crippen molar-refractivity contribution in [3.63, 3.8) is 0 Å². The lowest BCUT2D eigenvalue weighted by molar-refractivity contribution is -0.115. The highest BCUT2D eigenvalue weighted by atomic mass is 16.2. The molecule has 1 atom stereocenters. The number of amides is 4. The number of carbonyl (C=O) groups excluding carboxylic acids is 3. The van der Waals surface area contributed by atoms with Gasteiger partial charge in [0.1, 0.15) is 0 Å². The van der Waals surface area contributed by atoms with Gasteiger partial charge in [-0.05, 0) is 57.3 Å². The highest BCUT2D eigenvalue weighted by Crippen LogP contribution is 2.42. The maximum absolute atomic E-state index is 13.6. The van der Waals surface area contributed by atoms with Crippen molar-refractivity contribution in [2.75, 3.05) is 31.3 Å². The number of nitrogens with one attached hydrogen (secondary N) is 3. The summed E-state index contributed by atoms with van der Waals surface area (Å²) in [6.07, 6.45) is 1.34. The summed E-state index contributed by atoms with van der Waals surface area (Å²) >= 11 is 0. The van der Waals surface area contributed by atoms with E-state index in [0.717, 1.165) is 22.4 Å². The second-order valence-corrected chi connectivity index (χ2v) is 10.7. The van der Waals surface area contributed by atoms with Crippen molar-refractivity contribution in [2.45, 2.75) is 38.4 Å². The van der Waals surface area contributed by atoms with Gasteiger partial charge in [0.05, 0.1) is 30.2 Å². The molecule has 2 aromatic carbocycles. The quantitative estimate of drug-likeness (QED) is 0.356. The normalized spacial score (nSPS) is 14.4. The Morgan fingerprint density at radius 3 is 2.38 bits per heavy atom. The third kappa shape index (κ3) is 6.23. The Morgan fingerprint density at radius 2 is 1.75 bits per heavy atom. The Morgan fingerprint density at radius 1 is 1.07 bits per heavy atom. The lowest BCUT2D eigenvalue weighted by Crippen LogP contribution is -2.49. The molecule has 10 nitrogen and oxygen atoms in total. The topological polar surface area (TPSA) is 112 Å². The minimum atomic E-state index is -0.644. The number of hydrogen-bond donors (Lipinski definition) is 3. The second-order valence-electron chi connectivity index (χ2n) is 10.7. The molecule has 0 saturated carbocycles. The Kier molecular flexibility index (Phi) is 8.39. The summed E-state index contributed by atoms with van der Waals surface area (Å²) in [5.41, 5.74) is 3.50. The molecule has 0 saturated heterocycles. The predicted octanol–water partition coefficient (Wildman–Crippen LogP) is 3.79. The fourth-order valence-electron chi connectivity index (χ4n) is 5.17. The van der Waals surface area contributed by atoms with Crippen LogP contribution in [0.15, 0.2) is 67.3 Å². The molecule has 0 radical (unpaired) electrons. The van der Waals surface area contributed by atoms with Gasteiger partial charge in [-0.3, -0.25) is 14.3 Å². The molecule has 210 valence electrons. The lowest BCUT2D eigenvalue weighted by Gasteiger charge is -2.34. The Hall–Kier alpha value is -4.44. The highest BCUT2D eigenvalue weighted by molar-refractivity contribution is 5.99. The van der Waals surface area contributed by atoms with Crippen LogP contribution in [0.2, 0.25) is 0 Å². The lowest BCUT2D eigenvalue weighted by atomic mass is 10.0. The molecule has 4 rings (SSSR count). The van der Waals surface area contributed by atoms with Crippen molar-refractivity contribution in [2.24, 2.45) is 7.05 Å². The maximum atomic E-state index is 13.6. The molecule has 1 aliphatic heterocycles. The predicted molar refractivity (Wildman–Crippen MR) is 156 cm³/mol. The molecule has 1 aromatic heterocycles. The van der Waals surface area contributed by atoms with Crippen LogP contribution < -0.4 is 16.0 Å². The number of rotatable bonds is 9. The van der Waals surface area contributed by atoms with E-state index >= 15 is 0 Å². The zero-order chi connectivity index (χ0) is 29.0. The third-order valence-electron chi connectivity index (χ3n) is 7.04. The number of aryl methyl sites for hydroxylation is 1. The van der Waals surface area contributed by atoms with Gasteiger partial charge in [-0.15, -0.1) is 0 Å². The van der Waals surface area contributed by atoms with Crippen LogP contribution in [-0.2, 0) is 35.1 Å². The first-order valence-corrected chi connectivity index (χ1v) is 13.2. The molecule has 3 aromatic rings. The first-order valence-electron chi connectivity index (χ1n) is 13.2. The molecule has 0 spiro atoms. The molecule has 3 N–H and O–H groups in total.